The van der Waals surface area contributed by atoms with E-state index in [2.05, 4.69) is 5.10 Å². The topological polar surface area (TPSA) is 103 Å². The number of hydrogen-bond acceptors (Lipinski definition) is 5. The van der Waals surface area contributed by atoms with E-state index in [1.54, 1.807) is 22.8 Å². The zero-order valence-corrected chi connectivity index (χ0v) is 13.5. The van der Waals surface area contributed by atoms with Crippen LogP contribution in [-0.4, -0.2) is 20.8 Å². The van der Waals surface area contributed by atoms with Crippen LogP contribution in [0.1, 0.15) is 6.42 Å². The number of aryl methyl sites for hydroxylation is 1. The number of fused-ring (bicyclic) bond motifs is 1. The molecule has 0 unspecified atom stereocenters. The van der Waals surface area contributed by atoms with Gasteiger partial charge in [-0.1, -0.05) is 30.3 Å². The van der Waals surface area contributed by atoms with E-state index in [9.17, 15) is 9.59 Å². The number of rotatable bonds is 4. The van der Waals surface area contributed by atoms with Gasteiger partial charge in [0.2, 0.25) is 5.49 Å². The van der Waals surface area contributed by atoms with E-state index in [1.165, 1.54) is 4.57 Å². The summed E-state index contributed by atoms with van der Waals surface area (Å²) in [6.07, 6.45) is 0.355. The lowest BCUT2D eigenvalue weighted by molar-refractivity contribution is 0.280. The van der Waals surface area contributed by atoms with Gasteiger partial charge in [-0.15, -0.1) is 0 Å². The van der Waals surface area contributed by atoms with Gasteiger partial charge in [0.1, 0.15) is 0 Å². The van der Waals surface area contributed by atoms with E-state index in [0.717, 1.165) is 0 Å². The zero-order valence-electron chi connectivity index (χ0n) is 13.5. The minimum absolute atomic E-state index is 0.0830. The summed E-state index contributed by atoms with van der Waals surface area (Å²) in [4.78, 5) is 25.4. The normalized spacial score (nSPS) is 11.8. The molecule has 0 fully saturated rings. The van der Waals surface area contributed by atoms with Crippen LogP contribution in [0.15, 0.2) is 69.3 Å². The Labute approximate surface area is 142 Å². The van der Waals surface area contributed by atoms with Gasteiger partial charge >= 0.3 is 5.56 Å². The van der Waals surface area contributed by atoms with Crippen molar-refractivity contribution in [2.75, 3.05) is 6.61 Å². The number of aliphatic hydroxyl groups is 1. The van der Waals surface area contributed by atoms with Crippen LogP contribution in [0.4, 0.5) is 0 Å². The van der Waals surface area contributed by atoms with Crippen molar-refractivity contribution in [2.45, 2.75) is 13.0 Å². The van der Waals surface area contributed by atoms with E-state index >= 15 is 0 Å². The number of aromatic nitrogens is 2. The molecule has 3 rings (SSSR count). The van der Waals surface area contributed by atoms with Crippen molar-refractivity contribution >= 4 is 11.0 Å². The highest BCUT2D eigenvalue weighted by Crippen LogP contribution is 2.14. The van der Waals surface area contributed by atoms with Crippen LogP contribution in [0.2, 0.25) is 0 Å². The molecule has 0 saturated heterocycles. The van der Waals surface area contributed by atoms with Gasteiger partial charge in [-0.2, -0.15) is 5.10 Å². The predicted octanol–water partition coefficient (Wildman–Crippen LogP) is 0.309. The van der Waals surface area contributed by atoms with Crippen molar-refractivity contribution in [3.8, 4) is 5.69 Å². The minimum atomic E-state index is -0.791. The highest BCUT2D eigenvalue weighted by atomic mass is 16.3. The predicted molar refractivity (Wildman–Crippen MR) is 95.3 cm³/mol. The van der Waals surface area contributed by atoms with Crippen LogP contribution in [0.5, 0.6) is 0 Å². The molecule has 7 nitrogen and oxygen atoms in total. The summed E-state index contributed by atoms with van der Waals surface area (Å²) in [6.45, 7) is 0.138. The third kappa shape index (κ3) is 2.97. The van der Waals surface area contributed by atoms with E-state index in [-0.39, 0.29) is 18.6 Å². The van der Waals surface area contributed by atoms with Gasteiger partial charge in [0, 0.05) is 18.8 Å². The molecule has 3 N–H and O–H groups in total. The molecule has 7 heteroatoms. The molecule has 0 aliphatic carbocycles. The van der Waals surface area contributed by atoms with Gasteiger partial charge in [-0.05, 0) is 30.7 Å². The number of hydrogen-bond donors (Lipinski definition) is 2. The largest absolute Gasteiger partial charge is 0.396 e. The second-order valence-corrected chi connectivity index (χ2v) is 5.48. The molecular formula is C18H18N4O3. The van der Waals surface area contributed by atoms with Crippen molar-refractivity contribution in [3.63, 3.8) is 0 Å². The highest BCUT2D eigenvalue weighted by molar-refractivity contribution is 5.76. The first-order valence-corrected chi connectivity index (χ1v) is 7.88. The van der Waals surface area contributed by atoms with Crippen molar-refractivity contribution in [3.05, 3.63) is 80.7 Å². The first-order chi connectivity index (χ1) is 12.2. The molecule has 0 bridgehead atoms. The van der Waals surface area contributed by atoms with E-state index in [4.69, 9.17) is 10.9 Å². The molecule has 0 radical (unpaired) electrons. The maximum absolute atomic E-state index is 12.7. The van der Waals surface area contributed by atoms with Crippen molar-refractivity contribution < 1.29 is 5.11 Å². The van der Waals surface area contributed by atoms with Gasteiger partial charge in [0.25, 0.3) is 5.43 Å². The summed E-state index contributed by atoms with van der Waals surface area (Å²) in [6, 6.07) is 16.3. The molecule has 0 atom stereocenters. The summed E-state index contributed by atoms with van der Waals surface area (Å²) in [7, 11) is 0. The molecule has 128 valence electrons. The average Bonchev–Trinajstić information content (AvgIpc) is 2.74. The van der Waals surface area contributed by atoms with Crippen LogP contribution in [0, 0.1) is 0 Å². The average molecular weight is 338 g/mol. The molecule has 0 amide bonds. The van der Waals surface area contributed by atoms with Crippen molar-refractivity contribution in [2.24, 2.45) is 10.9 Å². The fourth-order valence-corrected chi connectivity index (χ4v) is 2.83. The Bertz CT molecular complexity index is 1090. The number of nitrogens with zero attached hydrogens (tertiary/aromatic N) is 3. The fourth-order valence-electron chi connectivity index (χ4n) is 2.83. The second-order valence-electron chi connectivity index (χ2n) is 5.48. The Balaban J connectivity index is 2.60. The zero-order chi connectivity index (χ0) is 17.8. The Morgan fingerprint density at radius 3 is 2.24 bits per heavy atom. The lowest BCUT2D eigenvalue weighted by Gasteiger charge is -2.10. The van der Waals surface area contributed by atoms with Crippen molar-refractivity contribution in [1.29, 1.82) is 0 Å². The molecule has 0 saturated carbocycles. The van der Waals surface area contributed by atoms with Crippen LogP contribution in [-0.2, 0) is 6.54 Å². The van der Waals surface area contributed by atoms with Crippen LogP contribution in [0.3, 0.4) is 0 Å². The van der Waals surface area contributed by atoms with Gasteiger partial charge in [0.15, 0.2) is 0 Å². The maximum Gasteiger partial charge on any atom is 0.302 e. The number of nitrogens with two attached hydrogens (primary N) is 1. The van der Waals surface area contributed by atoms with E-state index in [1.807, 2.05) is 36.4 Å². The fraction of sp³-hybridized carbons (Fsp3) is 0.167. The Morgan fingerprint density at radius 2 is 1.60 bits per heavy atom. The molecule has 3 aromatic rings. The second kappa shape index (κ2) is 7.14. The van der Waals surface area contributed by atoms with Crippen LogP contribution >= 0.6 is 0 Å². The summed E-state index contributed by atoms with van der Waals surface area (Å²) in [5.74, 6) is 5.47. The number of para-hydroxylation sites is 3. The lowest BCUT2D eigenvalue weighted by Crippen LogP contribution is -2.44. The molecule has 0 spiro atoms. The van der Waals surface area contributed by atoms with E-state index in [0.29, 0.717) is 23.1 Å². The third-order valence-electron chi connectivity index (χ3n) is 3.94. The third-order valence-corrected chi connectivity index (χ3v) is 3.94. The molecule has 0 aliphatic heterocycles. The molecular weight excluding hydrogens is 320 g/mol. The minimum Gasteiger partial charge on any atom is -0.396 e. The summed E-state index contributed by atoms with van der Waals surface area (Å²) < 4.78 is 2.94. The Hall–Kier alpha value is -3.19. The smallest absolute Gasteiger partial charge is 0.302 e. The van der Waals surface area contributed by atoms with Gasteiger partial charge in [0.05, 0.1) is 11.0 Å². The monoisotopic (exact) mass is 338 g/mol. The SMILES string of the molecule is NN=c1c(=O)c(=O)n(CCCO)c2ccccc2n1-c1ccccc1. The molecule has 0 aliphatic rings. The number of benzene rings is 2. The van der Waals surface area contributed by atoms with E-state index < -0.39 is 11.0 Å². The molecule has 2 aromatic carbocycles. The van der Waals surface area contributed by atoms with Gasteiger partial charge in [-0.25, -0.2) is 0 Å². The maximum atomic E-state index is 12.7. The molecule has 1 heterocycles. The summed E-state index contributed by atoms with van der Waals surface area (Å²) in [5, 5.41) is 12.7. The molecule has 25 heavy (non-hydrogen) atoms. The quantitative estimate of drug-likeness (QED) is 0.406. The standard InChI is InChI=1S/C18H18N4O3/c19-20-17-16(24)18(25)21(11-6-12-23)14-9-4-5-10-15(14)22(17)13-7-2-1-3-8-13/h1-5,7-10,23H,6,11-12,19H2. The highest BCUT2D eigenvalue weighted by Gasteiger charge is 2.12. The van der Waals surface area contributed by atoms with Crippen LogP contribution in [0.25, 0.3) is 16.7 Å². The van der Waals surface area contributed by atoms with Gasteiger partial charge < -0.3 is 15.5 Å². The summed E-state index contributed by atoms with van der Waals surface area (Å²) >= 11 is 0. The Kier molecular flexibility index (Phi) is 4.76. The summed E-state index contributed by atoms with van der Waals surface area (Å²) in [5.41, 5.74) is 0.204. The number of aliphatic hydroxyl groups excluding tert-OH is 1. The Morgan fingerprint density at radius 1 is 0.960 bits per heavy atom. The lowest BCUT2D eigenvalue weighted by atomic mass is 10.2. The van der Waals surface area contributed by atoms with Gasteiger partial charge in [-0.3, -0.25) is 14.2 Å². The molecule has 1 aromatic heterocycles. The van der Waals surface area contributed by atoms with Crippen LogP contribution < -0.4 is 22.3 Å². The van der Waals surface area contributed by atoms with Crippen molar-refractivity contribution in [1.82, 2.24) is 9.13 Å². The first-order valence-electron chi connectivity index (χ1n) is 7.88. The first kappa shape index (κ1) is 16.7.